The Balaban J connectivity index is 0. The van der Waals surface area contributed by atoms with Gasteiger partial charge in [0.1, 0.15) is 0 Å². The predicted molar refractivity (Wildman–Crippen MR) is 31.6 cm³/mol. The monoisotopic (exact) mass is 87.1 g/mol. The summed E-state index contributed by atoms with van der Waals surface area (Å²) in [6.07, 6.45) is 2.25. The zero-order valence-electron chi connectivity index (χ0n) is 5.12. The first-order valence-corrected chi connectivity index (χ1v) is 2.62. The molecule has 0 rings (SSSR count). The molecule has 0 fully saturated rings. The summed E-state index contributed by atoms with van der Waals surface area (Å²) in [4.78, 5) is 0. The third kappa shape index (κ3) is 0. The third-order valence-electron chi connectivity index (χ3n) is 0. The summed E-state index contributed by atoms with van der Waals surface area (Å²) < 4.78 is 0. The second-order valence-corrected chi connectivity index (χ2v) is 1.21. The van der Waals surface area contributed by atoms with Crippen LogP contribution in [0.2, 0.25) is 0 Å². The molecule has 0 aliphatic carbocycles. The Bertz CT molecular complexity index is 2.00. The van der Waals surface area contributed by atoms with Gasteiger partial charge in [0, 0.05) is 0 Å². The van der Waals surface area contributed by atoms with Crippen molar-refractivity contribution in [2.45, 2.75) is 33.6 Å². The zero-order chi connectivity index (χ0) is 5.41. The summed E-state index contributed by atoms with van der Waals surface area (Å²) in [6.45, 7) is 9.75. The fraction of sp³-hybridized carbons (Fsp3) is 0.833. The fourth-order valence-electron chi connectivity index (χ4n) is 0. The molecule has 6 heavy (non-hydrogen) atoms. The molecule has 0 unspecified atom stereocenters. The van der Waals surface area contributed by atoms with Crippen LogP contribution in [0, 0.1) is 6.92 Å². The lowest BCUT2D eigenvalue weighted by Crippen LogP contribution is -1.29. The molecule has 0 bridgehead atoms. The molecule has 0 spiro atoms. The van der Waals surface area contributed by atoms with Crippen LogP contribution in [0.1, 0.15) is 33.6 Å². The van der Waals surface area contributed by atoms with Crippen LogP contribution in [0.25, 0.3) is 0 Å². The van der Waals surface area contributed by atoms with Gasteiger partial charge in [0.05, 0.1) is 0 Å². The van der Waals surface area contributed by atoms with Crippen LogP contribution in [0.15, 0.2) is 0 Å². The number of hydrogen-bond donors (Lipinski definition) is 0. The fourth-order valence-corrected chi connectivity index (χ4v) is 0. The SMILES string of the molecule is CCC.[CH2-]CC. The maximum absolute atomic E-state index is 3.49. The average Bonchev–Trinajstić information content (AvgIpc) is 1.39. The van der Waals surface area contributed by atoms with Gasteiger partial charge in [-0.2, -0.15) is 6.42 Å². The van der Waals surface area contributed by atoms with Gasteiger partial charge in [-0.15, -0.1) is 0 Å². The van der Waals surface area contributed by atoms with Gasteiger partial charge in [-0.3, -0.25) is 0 Å². The highest BCUT2D eigenvalue weighted by Gasteiger charge is 1.35. The van der Waals surface area contributed by atoms with E-state index in [-0.39, 0.29) is 0 Å². The minimum atomic E-state index is 1.00. The molecule has 0 aromatic rings. The molecular formula is C6H15-. The zero-order valence-corrected chi connectivity index (χ0v) is 5.12. The summed E-state index contributed by atoms with van der Waals surface area (Å²) in [5, 5.41) is 0. The maximum Gasteiger partial charge on any atom is -0.0590 e. The van der Waals surface area contributed by atoms with Gasteiger partial charge in [0.2, 0.25) is 0 Å². The lowest BCUT2D eigenvalue weighted by Gasteiger charge is -1.62. The lowest BCUT2D eigenvalue weighted by atomic mass is 10.6. The molecule has 0 heterocycles. The van der Waals surface area contributed by atoms with Gasteiger partial charge < -0.3 is 6.92 Å². The van der Waals surface area contributed by atoms with Crippen LogP contribution in [-0.2, 0) is 0 Å². The van der Waals surface area contributed by atoms with Crippen LogP contribution < -0.4 is 0 Å². The van der Waals surface area contributed by atoms with Gasteiger partial charge in [-0.25, -0.2) is 0 Å². The predicted octanol–water partition coefficient (Wildman–Crippen LogP) is 2.65. The Labute approximate surface area is 41.6 Å². The van der Waals surface area contributed by atoms with Crippen molar-refractivity contribution >= 4 is 0 Å². The average molecular weight is 87.2 g/mol. The molecule has 0 heteroatoms. The van der Waals surface area contributed by atoms with Crippen LogP contribution in [-0.4, -0.2) is 0 Å². The van der Waals surface area contributed by atoms with E-state index in [0.717, 1.165) is 6.42 Å². The summed E-state index contributed by atoms with van der Waals surface area (Å²) in [7, 11) is 0. The Kier molecular flexibility index (Phi) is 31.2. The van der Waals surface area contributed by atoms with Gasteiger partial charge in [-0.1, -0.05) is 27.2 Å². The minimum absolute atomic E-state index is 1.00. The Hall–Kier alpha value is 0. The molecule has 0 atom stereocenters. The second-order valence-electron chi connectivity index (χ2n) is 1.21. The van der Waals surface area contributed by atoms with Crippen LogP contribution in [0.5, 0.6) is 0 Å². The van der Waals surface area contributed by atoms with Gasteiger partial charge in [0.25, 0.3) is 0 Å². The van der Waals surface area contributed by atoms with Gasteiger partial charge in [-0.05, 0) is 0 Å². The highest BCUT2D eigenvalue weighted by molar-refractivity contribution is 4.18. The highest BCUT2D eigenvalue weighted by Crippen LogP contribution is 1.56. The first-order chi connectivity index (χ1) is 2.83. The Morgan fingerprint density at radius 2 is 1.17 bits per heavy atom. The van der Waals surface area contributed by atoms with Crippen LogP contribution >= 0.6 is 0 Å². The third-order valence-corrected chi connectivity index (χ3v) is 0. The standard InChI is InChI=1S/C3H8.C3H7/c2*1-3-2/h3H2,1-2H3;1,3H2,2H3/q;-1. The Morgan fingerprint density at radius 3 is 1.17 bits per heavy atom. The van der Waals surface area contributed by atoms with Crippen molar-refractivity contribution in [3.05, 3.63) is 6.92 Å². The van der Waals surface area contributed by atoms with E-state index in [2.05, 4.69) is 20.8 Å². The lowest BCUT2D eigenvalue weighted by molar-refractivity contribution is 1.09. The van der Waals surface area contributed by atoms with E-state index in [1.54, 1.807) is 0 Å². The molecular weight excluding hydrogens is 72.1 g/mol. The quantitative estimate of drug-likeness (QED) is 0.398. The van der Waals surface area contributed by atoms with E-state index < -0.39 is 0 Å². The number of rotatable bonds is 0. The van der Waals surface area contributed by atoms with Gasteiger partial charge >= 0.3 is 0 Å². The molecule has 0 amide bonds. The molecule has 40 valence electrons. The molecule has 0 radical (unpaired) electrons. The molecule has 0 aliphatic heterocycles. The van der Waals surface area contributed by atoms with E-state index in [4.69, 9.17) is 0 Å². The normalized spacial score (nSPS) is 6.00. The molecule has 0 N–H and O–H groups in total. The number of hydrogen-bond acceptors (Lipinski definition) is 0. The summed E-state index contributed by atoms with van der Waals surface area (Å²) >= 11 is 0. The highest BCUT2D eigenvalue weighted by atomic mass is 13.4. The topological polar surface area (TPSA) is 0 Å². The van der Waals surface area contributed by atoms with Crippen molar-refractivity contribution < 1.29 is 0 Å². The first-order valence-electron chi connectivity index (χ1n) is 2.62. The molecule has 0 nitrogen and oxygen atoms in total. The van der Waals surface area contributed by atoms with Crippen LogP contribution in [0.4, 0.5) is 0 Å². The largest absolute Gasteiger partial charge is 0.344 e. The van der Waals surface area contributed by atoms with E-state index in [0.29, 0.717) is 0 Å². The first kappa shape index (κ1) is 9.38. The molecule has 0 aliphatic rings. The molecule has 0 aromatic heterocycles. The van der Waals surface area contributed by atoms with Crippen molar-refractivity contribution in [2.75, 3.05) is 0 Å². The molecule has 0 aromatic carbocycles. The van der Waals surface area contributed by atoms with Crippen molar-refractivity contribution in [2.24, 2.45) is 0 Å². The Morgan fingerprint density at radius 1 is 1.17 bits per heavy atom. The van der Waals surface area contributed by atoms with Crippen molar-refractivity contribution in [1.82, 2.24) is 0 Å². The van der Waals surface area contributed by atoms with E-state index in [9.17, 15) is 0 Å². The van der Waals surface area contributed by atoms with Crippen molar-refractivity contribution in [1.29, 1.82) is 0 Å². The smallest absolute Gasteiger partial charge is 0.0590 e. The molecule has 0 saturated heterocycles. The van der Waals surface area contributed by atoms with E-state index >= 15 is 0 Å². The van der Waals surface area contributed by atoms with Gasteiger partial charge in [0.15, 0.2) is 0 Å². The molecule has 0 saturated carbocycles. The summed E-state index contributed by atoms with van der Waals surface area (Å²) in [5.41, 5.74) is 0. The summed E-state index contributed by atoms with van der Waals surface area (Å²) in [5.74, 6) is 0. The van der Waals surface area contributed by atoms with Crippen LogP contribution in [0.3, 0.4) is 0 Å². The minimum Gasteiger partial charge on any atom is -0.344 e. The van der Waals surface area contributed by atoms with E-state index in [1.165, 1.54) is 6.42 Å². The van der Waals surface area contributed by atoms with Crippen molar-refractivity contribution in [3.8, 4) is 0 Å². The maximum atomic E-state index is 3.49. The van der Waals surface area contributed by atoms with E-state index in [1.807, 2.05) is 6.92 Å². The van der Waals surface area contributed by atoms with Crippen molar-refractivity contribution in [3.63, 3.8) is 0 Å². The second kappa shape index (κ2) is 20.0. The summed E-state index contributed by atoms with van der Waals surface area (Å²) in [6, 6.07) is 0.